The topological polar surface area (TPSA) is 92.5 Å². The van der Waals surface area contributed by atoms with Gasteiger partial charge >= 0.3 is 0 Å². The second kappa shape index (κ2) is 6.91. The molecule has 0 saturated carbocycles. The average Bonchev–Trinajstić information content (AvgIpc) is 2.95. The molecule has 0 unspecified atom stereocenters. The van der Waals surface area contributed by atoms with Gasteiger partial charge in [-0.05, 0) is 30.5 Å². The molecule has 0 aliphatic carbocycles. The van der Waals surface area contributed by atoms with Gasteiger partial charge in [-0.2, -0.15) is 0 Å². The summed E-state index contributed by atoms with van der Waals surface area (Å²) >= 11 is 0. The van der Waals surface area contributed by atoms with Crippen molar-refractivity contribution in [2.75, 3.05) is 25.4 Å². The Bertz CT molecular complexity index is 578. The molecule has 21 heavy (non-hydrogen) atoms. The lowest BCUT2D eigenvalue weighted by Crippen LogP contribution is -2.33. The lowest BCUT2D eigenvalue weighted by molar-refractivity contribution is -0.129. The van der Waals surface area contributed by atoms with Gasteiger partial charge in [-0.25, -0.2) is 13.1 Å². The number of amides is 1. The quantitative estimate of drug-likeness (QED) is 0.756. The minimum Gasteiger partial charge on any atom is -0.399 e. The highest BCUT2D eigenvalue weighted by atomic mass is 32.2. The number of rotatable bonds is 6. The van der Waals surface area contributed by atoms with E-state index in [0.717, 1.165) is 25.9 Å². The highest BCUT2D eigenvalue weighted by Gasteiger charge is 2.18. The average molecular weight is 311 g/mol. The molecule has 2 rings (SSSR count). The fourth-order valence-electron chi connectivity index (χ4n) is 2.32. The molecule has 1 amide bonds. The van der Waals surface area contributed by atoms with Crippen LogP contribution in [0.2, 0.25) is 0 Å². The number of hydrogen-bond acceptors (Lipinski definition) is 4. The molecule has 7 heteroatoms. The normalized spacial score (nSPS) is 15.3. The molecule has 0 aromatic heterocycles. The summed E-state index contributed by atoms with van der Waals surface area (Å²) in [5.41, 5.74) is 6.82. The number of carbonyl (C=O) groups excluding carboxylic acids is 1. The molecule has 0 atom stereocenters. The molecule has 1 aromatic carbocycles. The zero-order valence-corrected chi connectivity index (χ0v) is 12.7. The van der Waals surface area contributed by atoms with Gasteiger partial charge in [0.25, 0.3) is 0 Å². The SMILES string of the molecule is Nc1ccc(CS(=O)(=O)NCCC(=O)N2CCCC2)cc1. The van der Waals surface area contributed by atoms with E-state index in [1.54, 1.807) is 29.2 Å². The fraction of sp³-hybridized carbons (Fsp3) is 0.500. The standard InChI is InChI=1S/C14H21N3O3S/c15-13-5-3-12(4-6-13)11-21(19,20)16-8-7-14(18)17-9-1-2-10-17/h3-6,16H,1-2,7-11,15H2. The van der Waals surface area contributed by atoms with Crippen LogP contribution in [0.1, 0.15) is 24.8 Å². The summed E-state index contributed by atoms with van der Waals surface area (Å²) in [4.78, 5) is 13.6. The molecule has 0 bridgehead atoms. The Morgan fingerprint density at radius 2 is 1.81 bits per heavy atom. The van der Waals surface area contributed by atoms with Gasteiger partial charge in [-0.3, -0.25) is 4.79 Å². The van der Waals surface area contributed by atoms with E-state index in [4.69, 9.17) is 5.73 Å². The first-order chi connectivity index (χ1) is 9.96. The predicted molar refractivity (Wildman–Crippen MR) is 81.9 cm³/mol. The van der Waals surface area contributed by atoms with Crippen molar-refractivity contribution in [2.45, 2.75) is 25.0 Å². The van der Waals surface area contributed by atoms with Crippen LogP contribution in [0.5, 0.6) is 0 Å². The van der Waals surface area contributed by atoms with Crippen molar-refractivity contribution < 1.29 is 13.2 Å². The molecular formula is C14H21N3O3S. The van der Waals surface area contributed by atoms with Crippen LogP contribution in [0.3, 0.4) is 0 Å². The van der Waals surface area contributed by atoms with Gasteiger partial charge < -0.3 is 10.6 Å². The number of nitrogen functional groups attached to an aromatic ring is 1. The summed E-state index contributed by atoms with van der Waals surface area (Å²) < 4.78 is 26.3. The molecule has 1 fully saturated rings. The van der Waals surface area contributed by atoms with E-state index in [-0.39, 0.29) is 24.6 Å². The Labute approximate surface area is 125 Å². The molecule has 0 spiro atoms. The Morgan fingerprint density at radius 3 is 2.43 bits per heavy atom. The third-order valence-corrected chi connectivity index (χ3v) is 4.81. The van der Waals surface area contributed by atoms with E-state index in [9.17, 15) is 13.2 Å². The van der Waals surface area contributed by atoms with Crippen LogP contribution in [0.15, 0.2) is 24.3 Å². The number of benzene rings is 1. The molecule has 6 nitrogen and oxygen atoms in total. The first-order valence-corrected chi connectivity index (χ1v) is 8.71. The third-order valence-electron chi connectivity index (χ3n) is 3.46. The highest BCUT2D eigenvalue weighted by Crippen LogP contribution is 2.10. The maximum absolute atomic E-state index is 11.9. The van der Waals surface area contributed by atoms with Crippen molar-refractivity contribution in [3.05, 3.63) is 29.8 Å². The molecule has 0 radical (unpaired) electrons. The smallest absolute Gasteiger partial charge is 0.223 e. The number of hydrogen-bond donors (Lipinski definition) is 2. The van der Waals surface area contributed by atoms with E-state index < -0.39 is 10.0 Å². The van der Waals surface area contributed by atoms with Crippen LogP contribution in [-0.4, -0.2) is 38.9 Å². The fourth-order valence-corrected chi connectivity index (χ4v) is 3.47. The third kappa shape index (κ3) is 5.02. The van der Waals surface area contributed by atoms with Crippen molar-refractivity contribution in [1.82, 2.24) is 9.62 Å². The van der Waals surface area contributed by atoms with Crippen LogP contribution >= 0.6 is 0 Å². The summed E-state index contributed by atoms with van der Waals surface area (Å²) in [5.74, 6) is -0.0896. The maximum Gasteiger partial charge on any atom is 0.223 e. The number of nitrogens with two attached hydrogens (primary N) is 1. The molecule has 3 N–H and O–H groups in total. The molecule has 1 aliphatic heterocycles. The summed E-state index contributed by atoms with van der Waals surface area (Å²) in [7, 11) is -3.43. The Balaban J connectivity index is 1.78. The predicted octanol–water partition coefficient (Wildman–Crippen LogP) is 0.701. The molecular weight excluding hydrogens is 290 g/mol. The van der Waals surface area contributed by atoms with Gasteiger partial charge in [-0.15, -0.1) is 0 Å². The second-order valence-corrected chi connectivity index (χ2v) is 7.04. The number of nitrogens with zero attached hydrogens (tertiary/aromatic N) is 1. The van der Waals surface area contributed by atoms with Crippen molar-refractivity contribution in [2.24, 2.45) is 0 Å². The Kier molecular flexibility index (Phi) is 5.19. The Morgan fingerprint density at radius 1 is 1.19 bits per heavy atom. The summed E-state index contributed by atoms with van der Waals surface area (Å²) in [5, 5.41) is 0. The van der Waals surface area contributed by atoms with Gasteiger partial charge in [-0.1, -0.05) is 12.1 Å². The van der Waals surface area contributed by atoms with Gasteiger partial charge in [0.1, 0.15) is 0 Å². The van der Waals surface area contributed by atoms with Crippen LogP contribution in [-0.2, 0) is 20.6 Å². The lowest BCUT2D eigenvalue weighted by atomic mass is 10.2. The van der Waals surface area contributed by atoms with Crippen molar-refractivity contribution in [3.63, 3.8) is 0 Å². The number of sulfonamides is 1. The zero-order chi connectivity index (χ0) is 15.3. The minimum absolute atomic E-state index is 0.0164. The second-order valence-electron chi connectivity index (χ2n) is 5.23. The van der Waals surface area contributed by atoms with Gasteiger partial charge in [0.15, 0.2) is 0 Å². The number of anilines is 1. The molecule has 1 aliphatic rings. The van der Waals surface area contributed by atoms with Crippen LogP contribution in [0.25, 0.3) is 0 Å². The summed E-state index contributed by atoms with van der Waals surface area (Å²) in [6.07, 6.45) is 2.28. The van der Waals surface area contributed by atoms with Gasteiger partial charge in [0.2, 0.25) is 15.9 Å². The van der Waals surface area contributed by atoms with E-state index in [2.05, 4.69) is 4.72 Å². The van der Waals surface area contributed by atoms with E-state index >= 15 is 0 Å². The van der Waals surface area contributed by atoms with Gasteiger partial charge in [0.05, 0.1) is 5.75 Å². The molecule has 1 heterocycles. The van der Waals surface area contributed by atoms with Crippen molar-refractivity contribution in [3.8, 4) is 0 Å². The summed E-state index contributed by atoms with van der Waals surface area (Å²) in [6, 6.07) is 6.71. The first kappa shape index (κ1) is 15.8. The van der Waals surface area contributed by atoms with E-state index in [1.165, 1.54) is 0 Å². The van der Waals surface area contributed by atoms with Crippen LogP contribution < -0.4 is 10.5 Å². The van der Waals surface area contributed by atoms with E-state index in [0.29, 0.717) is 11.3 Å². The largest absolute Gasteiger partial charge is 0.399 e. The zero-order valence-electron chi connectivity index (χ0n) is 11.9. The highest BCUT2D eigenvalue weighted by molar-refractivity contribution is 7.88. The van der Waals surface area contributed by atoms with Crippen molar-refractivity contribution in [1.29, 1.82) is 0 Å². The number of carbonyl (C=O) groups is 1. The first-order valence-electron chi connectivity index (χ1n) is 7.06. The van der Waals surface area contributed by atoms with Crippen LogP contribution in [0, 0.1) is 0 Å². The minimum atomic E-state index is -3.43. The maximum atomic E-state index is 11.9. The summed E-state index contributed by atoms with van der Waals surface area (Å²) in [6.45, 7) is 1.72. The number of nitrogens with one attached hydrogen (secondary N) is 1. The molecule has 1 saturated heterocycles. The van der Waals surface area contributed by atoms with Crippen molar-refractivity contribution >= 4 is 21.6 Å². The molecule has 116 valence electrons. The Hall–Kier alpha value is -1.60. The number of likely N-dealkylation sites (tertiary alicyclic amines) is 1. The van der Waals surface area contributed by atoms with E-state index in [1.807, 2.05) is 0 Å². The molecule has 1 aromatic rings. The monoisotopic (exact) mass is 311 g/mol. The van der Waals surface area contributed by atoms with Crippen LogP contribution in [0.4, 0.5) is 5.69 Å². The lowest BCUT2D eigenvalue weighted by Gasteiger charge is -2.15. The van der Waals surface area contributed by atoms with Gasteiger partial charge in [0, 0.05) is 31.7 Å².